The van der Waals surface area contributed by atoms with Crippen molar-refractivity contribution in [1.29, 1.82) is 0 Å². The molecule has 0 saturated carbocycles. The van der Waals surface area contributed by atoms with Gasteiger partial charge in [-0.15, -0.1) is 0 Å². The molecule has 2 heterocycles. The maximum Gasteiger partial charge on any atom is 0.121 e. The minimum Gasteiger partial charge on any atom is -0.490 e. The van der Waals surface area contributed by atoms with Crippen molar-refractivity contribution in [2.75, 3.05) is 38.5 Å². The molecular weight excluding hydrogens is 274 g/mol. The summed E-state index contributed by atoms with van der Waals surface area (Å²) in [6, 6.07) is 8.54. The fourth-order valence-electron chi connectivity index (χ4n) is 3.17. The van der Waals surface area contributed by atoms with Crippen molar-refractivity contribution in [3.05, 3.63) is 24.3 Å². The zero-order valence-electron chi connectivity index (χ0n) is 14.3. The third-order valence-corrected chi connectivity index (χ3v) is 4.54. The Labute approximate surface area is 135 Å². The van der Waals surface area contributed by atoms with Crippen LogP contribution in [-0.4, -0.2) is 54.7 Å². The van der Waals surface area contributed by atoms with Crippen LogP contribution in [-0.2, 0) is 0 Å². The lowest BCUT2D eigenvalue weighted by Gasteiger charge is -2.47. The second-order valence-corrected chi connectivity index (χ2v) is 5.93. The van der Waals surface area contributed by atoms with E-state index in [9.17, 15) is 0 Å². The lowest BCUT2D eigenvalue weighted by molar-refractivity contribution is 0.00335. The summed E-state index contributed by atoms with van der Waals surface area (Å²) < 4.78 is 6.04. The van der Waals surface area contributed by atoms with Crippen LogP contribution < -0.4 is 10.5 Å². The number of nitrogens with zero attached hydrogens (tertiary/aromatic N) is 2. The number of likely N-dealkylation sites (tertiary alicyclic amines) is 2. The summed E-state index contributed by atoms with van der Waals surface area (Å²) in [6.45, 7) is 12.2. The number of anilines is 1. The predicted octanol–water partition coefficient (Wildman–Crippen LogP) is 2.84. The number of hydrogen-bond donors (Lipinski definition) is 1. The Bertz CT molecular complexity index is 438. The lowest BCUT2D eigenvalue weighted by atomic mass is 10.0. The average molecular weight is 305 g/mol. The Morgan fingerprint density at radius 2 is 1.86 bits per heavy atom. The zero-order chi connectivity index (χ0) is 15.9. The van der Waals surface area contributed by atoms with Gasteiger partial charge in [0.1, 0.15) is 11.9 Å². The van der Waals surface area contributed by atoms with Crippen LogP contribution in [0.1, 0.15) is 33.6 Å². The zero-order valence-corrected chi connectivity index (χ0v) is 14.3. The van der Waals surface area contributed by atoms with Crippen LogP contribution >= 0.6 is 0 Å². The highest BCUT2D eigenvalue weighted by molar-refractivity contribution is 5.43. The molecule has 0 spiro atoms. The largest absolute Gasteiger partial charge is 0.490 e. The van der Waals surface area contributed by atoms with Crippen LogP contribution in [0.15, 0.2) is 24.3 Å². The number of piperidine rings is 1. The van der Waals surface area contributed by atoms with Gasteiger partial charge in [0.2, 0.25) is 0 Å². The number of nitrogen functional groups attached to an aromatic ring is 1. The molecule has 4 heteroatoms. The number of hydrogen-bond acceptors (Lipinski definition) is 4. The molecule has 0 unspecified atom stereocenters. The highest BCUT2D eigenvalue weighted by Gasteiger charge is 2.33. The number of rotatable bonds is 4. The minimum absolute atomic E-state index is 0.343. The van der Waals surface area contributed by atoms with Gasteiger partial charge in [-0.1, -0.05) is 26.8 Å². The summed E-state index contributed by atoms with van der Waals surface area (Å²) in [5.74, 6) is 0.907. The molecule has 2 fully saturated rings. The number of likely N-dealkylation sites (N-methyl/N-ethyl adjacent to an activating group) is 1. The van der Waals surface area contributed by atoms with Gasteiger partial charge in [0.25, 0.3) is 0 Å². The highest BCUT2D eigenvalue weighted by Crippen LogP contribution is 2.24. The second kappa shape index (κ2) is 8.39. The summed E-state index contributed by atoms with van der Waals surface area (Å²) >= 11 is 0. The van der Waals surface area contributed by atoms with Gasteiger partial charge in [0, 0.05) is 44.0 Å². The van der Waals surface area contributed by atoms with Crippen molar-refractivity contribution in [1.82, 2.24) is 9.80 Å². The van der Waals surface area contributed by atoms with E-state index in [2.05, 4.69) is 16.7 Å². The molecule has 4 nitrogen and oxygen atoms in total. The molecule has 124 valence electrons. The number of nitrogens with two attached hydrogens (primary N) is 1. The molecule has 2 saturated heterocycles. The van der Waals surface area contributed by atoms with E-state index in [1.807, 2.05) is 38.1 Å². The molecule has 2 aliphatic heterocycles. The van der Waals surface area contributed by atoms with Gasteiger partial charge in [-0.05, 0) is 31.5 Å². The molecule has 22 heavy (non-hydrogen) atoms. The molecule has 2 aliphatic rings. The first-order chi connectivity index (χ1) is 10.7. The van der Waals surface area contributed by atoms with Crippen LogP contribution in [0.3, 0.4) is 0 Å². The van der Waals surface area contributed by atoms with Crippen molar-refractivity contribution >= 4 is 5.69 Å². The molecule has 1 aromatic carbocycles. The van der Waals surface area contributed by atoms with E-state index in [-0.39, 0.29) is 0 Å². The van der Waals surface area contributed by atoms with Crippen LogP contribution in [0.5, 0.6) is 5.75 Å². The smallest absolute Gasteiger partial charge is 0.121 e. The van der Waals surface area contributed by atoms with Crippen molar-refractivity contribution in [3.63, 3.8) is 0 Å². The molecule has 2 N–H and O–H groups in total. The van der Waals surface area contributed by atoms with Gasteiger partial charge in [-0.2, -0.15) is 0 Å². The standard InChI is InChI=1S/C16H25N3O.C2H6/c1-2-18-11-14(12-18)19-8-6-15(7-9-19)20-16-5-3-4-13(17)10-16;1-2/h3-5,10,14-15H,2,6-9,11-12,17H2,1H3;1-2H3. The first-order valence-corrected chi connectivity index (χ1v) is 8.73. The van der Waals surface area contributed by atoms with E-state index in [1.54, 1.807) is 0 Å². The fraction of sp³-hybridized carbons (Fsp3) is 0.667. The molecule has 0 radical (unpaired) electrons. The maximum atomic E-state index is 6.04. The predicted molar refractivity (Wildman–Crippen MR) is 93.3 cm³/mol. The van der Waals surface area contributed by atoms with E-state index < -0.39 is 0 Å². The minimum atomic E-state index is 0.343. The summed E-state index contributed by atoms with van der Waals surface area (Å²) in [5, 5.41) is 0. The van der Waals surface area contributed by atoms with Gasteiger partial charge in [-0.25, -0.2) is 0 Å². The molecular formula is C18H31N3O. The van der Waals surface area contributed by atoms with Gasteiger partial charge in [0.05, 0.1) is 0 Å². The van der Waals surface area contributed by atoms with Crippen LogP contribution in [0, 0.1) is 0 Å². The molecule has 0 aliphatic carbocycles. The first kappa shape index (κ1) is 17.1. The van der Waals surface area contributed by atoms with E-state index >= 15 is 0 Å². The lowest BCUT2D eigenvalue weighted by Crippen LogP contribution is -2.60. The third-order valence-electron chi connectivity index (χ3n) is 4.54. The van der Waals surface area contributed by atoms with Gasteiger partial charge in [-0.3, -0.25) is 4.90 Å². The number of ether oxygens (including phenoxy) is 1. The Morgan fingerprint density at radius 3 is 2.45 bits per heavy atom. The normalized spacial score (nSPS) is 20.9. The highest BCUT2D eigenvalue weighted by atomic mass is 16.5. The Morgan fingerprint density at radius 1 is 1.18 bits per heavy atom. The molecule has 0 aromatic heterocycles. The molecule has 1 aromatic rings. The number of benzene rings is 1. The topological polar surface area (TPSA) is 41.7 Å². The summed E-state index contributed by atoms with van der Waals surface area (Å²) in [5.41, 5.74) is 6.56. The third kappa shape index (κ3) is 4.37. The Hall–Kier alpha value is -1.26. The van der Waals surface area contributed by atoms with Gasteiger partial charge < -0.3 is 15.4 Å². The van der Waals surface area contributed by atoms with Crippen molar-refractivity contribution in [2.45, 2.75) is 45.8 Å². The monoisotopic (exact) mass is 305 g/mol. The summed E-state index contributed by atoms with van der Waals surface area (Å²) in [7, 11) is 0. The fourth-order valence-corrected chi connectivity index (χ4v) is 3.17. The summed E-state index contributed by atoms with van der Waals surface area (Å²) in [4.78, 5) is 5.13. The molecule has 0 amide bonds. The van der Waals surface area contributed by atoms with Crippen LogP contribution in [0.25, 0.3) is 0 Å². The van der Waals surface area contributed by atoms with Gasteiger partial charge in [0.15, 0.2) is 0 Å². The first-order valence-electron chi connectivity index (χ1n) is 8.73. The van der Waals surface area contributed by atoms with E-state index in [4.69, 9.17) is 10.5 Å². The van der Waals surface area contributed by atoms with E-state index in [1.165, 1.54) is 19.6 Å². The molecule has 0 atom stereocenters. The Kier molecular flexibility index (Phi) is 6.52. The van der Waals surface area contributed by atoms with Crippen LogP contribution in [0.4, 0.5) is 5.69 Å². The maximum absolute atomic E-state index is 6.04. The molecule has 3 rings (SSSR count). The van der Waals surface area contributed by atoms with Gasteiger partial charge >= 0.3 is 0 Å². The van der Waals surface area contributed by atoms with E-state index in [0.717, 1.165) is 43.4 Å². The van der Waals surface area contributed by atoms with E-state index in [0.29, 0.717) is 6.10 Å². The van der Waals surface area contributed by atoms with Crippen LogP contribution in [0.2, 0.25) is 0 Å². The molecule has 0 bridgehead atoms. The summed E-state index contributed by atoms with van der Waals surface area (Å²) in [6.07, 6.45) is 2.59. The van der Waals surface area contributed by atoms with Crippen molar-refractivity contribution in [2.24, 2.45) is 0 Å². The quantitative estimate of drug-likeness (QED) is 0.869. The van der Waals surface area contributed by atoms with Crippen molar-refractivity contribution in [3.8, 4) is 5.75 Å². The average Bonchev–Trinajstić information content (AvgIpc) is 2.50. The second-order valence-electron chi connectivity index (χ2n) is 5.93. The SMILES string of the molecule is CC.CCN1CC(N2CCC(Oc3cccc(N)c3)CC2)C1. The Balaban J connectivity index is 0.000000847. The van der Waals surface area contributed by atoms with Crippen molar-refractivity contribution < 1.29 is 4.74 Å².